The molecule has 4 rings (SSSR count). The lowest BCUT2D eigenvalue weighted by Crippen LogP contribution is -2.32. The first-order chi connectivity index (χ1) is 10.8. The Balaban J connectivity index is 1.51. The van der Waals surface area contributed by atoms with E-state index in [4.69, 9.17) is 4.74 Å². The molecule has 22 heavy (non-hydrogen) atoms. The van der Waals surface area contributed by atoms with E-state index in [1.807, 2.05) is 6.07 Å². The highest BCUT2D eigenvalue weighted by Gasteiger charge is 2.17. The SMILES string of the molecule is O=C(NC[C@@H]1CCCOC1)c1cc2sc3ccccc3c2s1. The van der Waals surface area contributed by atoms with Crippen molar-refractivity contribution < 1.29 is 9.53 Å². The van der Waals surface area contributed by atoms with Crippen molar-refractivity contribution in [2.45, 2.75) is 12.8 Å². The van der Waals surface area contributed by atoms with Gasteiger partial charge in [-0.05, 0) is 30.9 Å². The minimum absolute atomic E-state index is 0.0445. The minimum atomic E-state index is 0.0445. The van der Waals surface area contributed by atoms with Crippen LogP contribution in [0.4, 0.5) is 0 Å². The Labute approximate surface area is 136 Å². The van der Waals surface area contributed by atoms with E-state index < -0.39 is 0 Å². The van der Waals surface area contributed by atoms with Crippen molar-refractivity contribution in [2.24, 2.45) is 5.92 Å². The van der Waals surface area contributed by atoms with E-state index in [1.165, 1.54) is 19.5 Å². The van der Waals surface area contributed by atoms with Crippen LogP contribution < -0.4 is 5.32 Å². The number of carbonyl (C=O) groups excluding carboxylic acids is 1. The van der Waals surface area contributed by atoms with Crippen LogP contribution in [0.2, 0.25) is 0 Å². The van der Waals surface area contributed by atoms with Crippen molar-refractivity contribution in [3.8, 4) is 0 Å². The van der Waals surface area contributed by atoms with Gasteiger partial charge in [0.25, 0.3) is 5.91 Å². The van der Waals surface area contributed by atoms with Crippen LogP contribution in [-0.4, -0.2) is 25.7 Å². The van der Waals surface area contributed by atoms with Crippen molar-refractivity contribution in [2.75, 3.05) is 19.8 Å². The summed E-state index contributed by atoms with van der Waals surface area (Å²) in [5, 5.41) is 4.32. The van der Waals surface area contributed by atoms with Gasteiger partial charge in [0.15, 0.2) is 0 Å². The number of carbonyl (C=O) groups is 1. The largest absolute Gasteiger partial charge is 0.381 e. The molecule has 5 heteroatoms. The van der Waals surface area contributed by atoms with Crippen LogP contribution in [0.5, 0.6) is 0 Å². The highest BCUT2D eigenvalue weighted by atomic mass is 32.1. The minimum Gasteiger partial charge on any atom is -0.381 e. The van der Waals surface area contributed by atoms with E-state index in [9.17, 15) is 4.79 Å². The Morgan fingerprint density at radius 2 is 2.18 bits per heavy atom. The van der Waals surface area contributed by atoms with Gasteiger partial charge in [-0.15, -0.1) is 22.7 Å². The zero-order chi connectivity index (χ0) is 14.9. The Kier molecular flexibility index (Phi) is 3.86. The molecule has 0 bridgehead atoms. The fraction of sp³-hybridized carbons (Fsp3) is 0.353. The monoisotopic (exact) mass is 331 g/mol. The maximum Gasteiger partial charge on any atom is 0.261 e. The third-order valence-electron chi connectivity index (χ3n) is 4.08. The molecule has 114 valence electrons. The van der Waals surface area contributed by atoms with Crippen LogP contribution in [0.15, 0.2) is 30.3 Å². The lowest BCUT2D eigenvalue weighted by molar-refractivity contribution is 0.0536. The molecule has 1 fully saturated rings. The Morgan fingerprint density at radius 1 is 1.27 bits per heavy atom. The second-order valence-electron chi connectivity index (χ2n) is 5.70. The summed E-state index contributed by atoms with van der Waals surface area (Å²) in [6.45, 7) is 2.34. The number of thiophene rings is 2. The molecule has 3 heterocycles. The average molecular weight is 331 g/mol. The number of ether oxygens (including phenoxy) is 1. The molecule has 1 saturated heterocycles. The van der Waals surface area contributed by atoms with E-state index >= 15 is 0 Å². The summed E-state index contributed by atoms with van der Waals surface area (Å²) >= 11 is 3.35. The zero-order valence-corrected chi connectivity index (χ0v) is 13.8. The number of amides is 1. The topological polar surface area (TPSA) is 38.3 Å². The standard InChI is InChI=1S/C17H17NO2S2/c19-17(18-9-11-4-3-7-20-10-11)15-8-14-16(22-15)12-5-1-2-6-13(12)21-14/h1-2,5-6,8,11H,3-4,7,9-10H2,(H,18,19)/t11-/m0/s1. The van der Waals surface area contributed by atoms with E-state index in [0.29, 0.717) is 12.5 Å². The molecule has 0 unspecified atom stereocenters. The zero-order valence-electron chi connectivity index (χ0n) is 12.1. The molecule has 0 saturated carbocycles. The van der Waals surface area contributed by atoms with Gasteiger partial charge in [0, 0.05) is 27.9 Å². The Morgan fingerprint density at radius 3 is 3.05 bits per heavy atom. The van der Waals surface area contributed by atoms with Gasteiger partial charge in [0.05, 0.1) is 16.2 Å². The smallest absolute Gasteiger partial charge is 0.261 e. The van der Waals surface area contributed by atoms with Crippen LogP contribution in [0.1, 0.15) is 22.5 Å². The molecule has 1 aliphatic rings. The summed E-state index contributed by atoms with van der Waals surface area (Å²) < 4.78 is 9.18. The second kappa shape index (κ2) is 5.99. The maximum atomic E-state index is 12.4. The van der Waals surface area contributed by atoms with E-state index in [-0.39, 0.29) is 5.91 Å². The molecule has 1 amide bonds. The fourth-order valence-electron chi connectivity index (χ4n) is 2.90. The van der Waals surface area contributed by atoms with Crippen molar-refractivity contribution in [1.29, 1.82) is 0 Å². The summed E-state index contributed by atoms with van der Waals surface area (Å²) in [6.07, 6.45) is 2.24. The van der Waals surface area contributed by atoms with Crippen molar-refractivity contribution in [3.63, 3.8) is 0 Å². The van der Waals surface area contributed by atoms with Crippen molar-refractivity contribution in [3.05, 3.63) is 35.2 Å². The fourth-order valence-corrected chi connectivity index (χ4v) is 5.35. The summed E-state index contributed by atoms with van der Waals surface area (Å²) in [4.78, 5) is 13.2. The van der Waals surface area contributed by atoms with Gasteiger partial charge in [-0.3, -0.25) is 4.79 Å². The van der Waals surface area contributed by atoms with Gasteiger partial charge in [-0.2, -0.15) is 0 Å². The number of rotatable bonds is 3. The van der Waals surface area contributed by atoms with Crippen LogP contribution in [0.3, 0.4) is 0 Å². The lowest BCUT2D eigenvalue weighted by atomic mass is 10.0. The normalized spacial score (nSPS) is 18.8. The van der Waals surface area contributed by atoms with Gasteiger partial charge in [0.1, 0.15) is 0 Å². The van der Waals surface area contributed by atoms with Gasteiger partial charge in [-0.25, -0.2) is 0 Å². The van der Waals surface area contributed by atoms with Crippen LogP contribution >= 0.6 is 22.7 Å². The maximum absolute atomic E-state index is 12.4. The third-order valence-corrected chi connectivity index (χ3v) is 6.49. The van der Waals surface area contributed by atoms with Gasteiger partial charge < -0.3 is 10.1 Å². The molecule has 3 nitrogen and oxygen atoms in total. The summed E-state index contributed by atoms with van der Waals surface area (Å²) in [7, 11) is 0. The molecule has 1 atom stereocenters. The molecule has 0 radical (unpaired) electrons. The van der Waals surface area contributed by atoms with E-state index in [0.717, 1.165) is 30.9 Å². The van der Waals surface area contributed by atoms with E-state index in [2.05, 4.69) is 29.6 Å². The van der Waals surface area contributed by atoms with E-state index in [1.54, 1.807) is 22.7 Å². The Bertz CT molecular complexity index is 814. The Hall–Kier alpha value is -1.43. The molecule has 0 spiro atoms. The molecule has 1 aliphatic heterocycles. The molecule has 3 aromatic rings. The van der Waals surface area contributed by atoms with Crippen LogP contribution in [0.25, 0.3) is 19.5 Å². The predicted octanol–water partition coefficient (Wildman–Crippen LogP) is 4.27. The first kappa shape index (κ1) is 14.2. The molecule has 1 N–H and O–H groups in total. The van der Waals surface area contributed by atoms with Gasteiger partial charge >= 0.3 is 0 Å². The highest BCUT2D eigenvalue weighted by molar-refractivity contribution is 7.33. The molecule has 0 aliphatic carbocycles. The molecule has 2 aromatic heterocycles. The molecular weight excluding hydrogens is 314 g/mol. The third kappa shape index (κ3) is 2.64. The summed E-state index contributed by atoms with van der Waals surface area (Å²) in [5.41, 5.74) is 0. The highest BCUT2D eigenvalue weighted by Crippen LogP contribution is 2.39. The van der Waals surface area contributed by atoms with Crippen LogP contribution in [-0.2, 0) is 4.74 Å². The van der Waals surface area contributed by atoms with Crippen LogP contribution in [0, 0.1) is 5.92 Å². The predicted molar refractivity (Wildman–Crippen MR) is 93.1 cm³/mol. The van der Waals surface area contributed by atoms with Gasteiger partial charge in [0.2, 0.25) is 0 Å². The number of hydrogen-bond donors (Lipinski definition) is 1. The molecular formula is C17H17NO2S2. The quantitative estimate of drug-likeness (QED) is 0.778. The van der Waals surface area contributed by atoms with Crippen molar-refractivity contribution >= 4 is 48.1 Å². The summed E-state index contributed by atoms with van der Waals surface area (Å²) in [6, 6.07) is 10.4. The lowest BCUT2D eigenvalue weighted by Gasteiger charge is -2.21. The van der Waals surface area contributed by atoms with Gasteiger partial charge in [-0.1, -0.05) is 18.2 Å². The first-order valence-electron chi connectivity index (χ1n) is 7.58. The number of benzene rings is 1. The first-order valence-corrected chi connectivity index (χ1v) is 9.21. The second-order valence-corrected chi connectivity index (χ2v) is 7.83. The van der Waals surface area contributed by atoms with Crippen molar-refractivity contribution in [1.82, 2.24) is 5.32 Å². The number of fused-ring (bicyclic) bond motifs is 3. The number of hydrogen-bond acceptors (Lipinski definition) is 4. The summed E-state index contributed by atoms with van der Waals surface area (Å²) in [5.74, 6) is 0.502. The molecule has 1 aromatic carbocycles. The number of nitrogens with one attached hydrogen (secondary N) is 1. The average Bonchev–Trinajstić information content (AvgIpc) is 3.11.